The van der Waals surface area contributed by atoms with Crippen LogP contribution in [0.5, 0.6) is 0 Å². The second-order valence-electron chi connectivity index (χ2n) is 6.90. The Kier molecular flexibility index (Phi) is 4.54. The lowest BCUT2D eigenvalue weighted by molar-refractivity contribution is -0.147. The summed E-state index contributed by atoms with van der Waals surface area (Å²) < 4.78 is 0. The Morgan fingerprint density at radius 2 is 1.87 bits per heavy atom. The van der Waals surface area contributed by atoms with Gasteiger partial charge < -0.3 is 4.90 Å². The minimum atomic E-state index is -0.218. The first-order chi connectivity index (χ1) is 11.0. The van der Waals surface area contributed by atoms with Gasteiger partial charge in [0.05, 0.1) is 11.8 Å². The van der Waals surface area contributed by atoms with E-state index in [1.807, 2.05) is 13.2 Å². The highest BCUT2D eigenvalue weighted by Crippen LogP contribution is 2.52. The highest BCUT2D eigenvalue weighted by Gasteiger charge is 2.59. The number of hydrogen-bond donors (Lipinski definition) is 0. The van der Waals surface area contributed by atoms with E-state index in [0.29, 0.717) is 0 Å². The van der Waals surface area contributed by atoms with Gasteiger partial charge in [0.25, 0.3) is 0 Å². The van der Waals surface area contributed by atoms with E-state index in [0.717, 1.165) is 18.6 Å². The third-order valence-corrected chi connectivity index (χ3v) is 6.29. The lowest BCUT2D eigenvalue weighted by Crippen LogP contribution is -2.45. The van der Waals surface area contributed by atoms with E-state index in [1.165, 1.54) is 4.90 Å². The van der Waals surface area contributed by atoms with Crippen molar-refractivity contribution in [2.75, 3.05) is 25.6 Å². The lowest BCUT2D eigenvalue weighted by Gasteiger charge is -2.27. The monoisotopic (exact) mass is 336 g/mol. The van der Waals surface area contributed by atoms with Crippen LogP contribution in [0.15, 0.2) is 12.2 Å². The number of fused-ring (bicyclic) bond motifs is 5. The number of likely N-dealkylation sites (tertiary alicyclic amines) is 1. The van der Waals surface area contributed by atoms with Crippen molar-refractivity contribution in [3.63, 3.8) is 0 Å². The minimum absolute atomic E-state index is 0.107. The van der Waals surface area contributed by atoms with Crippen LogP contribution in [0.3, 0.4) is 0 Å². The van der Waals surface area contributed by atoms with Gasteiger partial charge in [0.1, 0.15) is 6.54 Å². The number of imide groups is 1. The minimum Gasteiger partial charge on any atom is -0.341 e. The van der Waals surface area contributed by atoms with Crippen LogP contribution in [-0.4, -0.2) is 59.2 Å². The molecule has 3 amide bonds. The van der Waals surface area contributed by atoms with Crippen LogP contribution < -0.4 is 0 Å². The number of rotatable bonds is 6. The summed E-state index contributed by atoms with van der Waals surface area (Å²) in [4.78, 5) is 40.5. The zero-order valence-corrected chi connectivity index (χ0v) is 14.7. The Hall–Kier alpha value is -1.30. The summed E-state index contributed by atoms with van der Waals surface area (Å²) in [5, 5.41) is 0. The van der Waals surface area contributed by atoms with Gasteiger partial charge in [-0.15, -0.1) is 0 Å². The van der Waals surface area contributed by atoms with Crippen LogP contribution in [0, 0.1) is 23.7 Å². The van der Waals surface area contributed by atoms with E-state index in [1.54, 1.807) is 23.7 Å². The third-order valence-electron chi connectivity index (χ3n) is 5.65. The average molecular weight is 336 g/mol. The van der Waals surface area contributed by atoms with Crippen molar-refractivity contribution in [1.82, 2.24) is 9.80 Å². The molecule has 0 radical (unpaired) electrons. The maximum absolute atomic E-state index is 12.6. The third kappa shape index (κ3) is 2.71. The first-order valence-electron chi connectivity index (χ1n) is 8.23. The number of thioether (sulfide) groups is 1. The maximum Gasteiger partial charge on any atom is 0.242 e. The molecule has 2 bridgehead atoms. The van der Waals surface area contributed by atoms with Crippen LogP contribution in [0.25, 0.3) is 0 Å². The molecular weight excluding hydrogens is 312 g/mol. The summed E-state index contributed by atoms with van der Waals surface area (Å²) in [6, 6.07) is 0.111. The molecule has 1 saturated carbocycles. The molecule has 6 heteroatoms. The molecule has 5 nitrogen and oxygen atoms in total. The number of hydrogen-bond acceptors (Lipinski definition) is 4. The Balaban J connectivity index is 1.64. The molecule has 0 aromatic rings. The Bertz CT molecular complexity index is 532. The molecule has 5 atom stereocenters. The number of carbonyl (C=O) groups excluding carboxylic acids is 3. The van der Waals surface area contributed by atoms with E-state index in [4.69, 9.17) is 0 Å². The van der Waals surface area contributed by atoms with Crippen molar-refractivity contribution < 1.29 is 14.4 Å². The number of nitrogens with zero attached hydrogens (tertiary/aromatic N) is 2. The maximum atomic E-state index is 12.6. The van der Waals surface area contributed by atoms with E-state index in [2.05, 4.69) is 12.2 Å². The highest BCUT2D eigenvalue weighted by molar-refractivity contribution is 7.98. The van der Waals surface area contributed by atoms with Crippen molar-refractivity contribution in [1.29, 1.82) is 0 Å². The fourth-order valence-corrected chi connectivity index (χ4v) is 4.67. The predicted molar refractivity (Wildman–Crippen MR) is 89.7 cm³/mol. The van der Waals surface area contributed by atoms with E-state index >= 15 is 0 Å². The number of carbonyl (C=O) groups is 3. The smallest absolute Gasteiger partial charge is 0.242 e. The predicted octanol–water partition coefficient (Wildman–Crippen LogP) is 1.39. The first kappa shape index (κ1) is 16.6. The SMILES string of the molecule is CSCCC(C)N(C)C(=O)CN1C(=O)C2C3C=CC(C3)C2C1=O. The molecule has 5 unspecified atom stereocenters. The molecular formula is C17H24N2O3S. The van der Waals surface area contributed by atoms with Gasteiger partial charge in [-0.25, -0.2) is 0 Å². The fourth-order valence-electron chi connectivity index (χ4n) is 4.09. The topological polar surface area (TPSA) is 57.7 Å². The zero-order valence-electron chi connectivity index (χ0n) is 13.9. The molecule has 0 aromatic carbocycles. The van der Waals surface area contributed by atoms with Gasteiger partial charge in [0.15, 0.2) is 0 Å². The molecule has 0 N–H and O–H groups in total. The molecule has 3 aliphatic rings. The van der Waals surface area contributed by atoms with E-state index in [9.17, 15) is 14.4 Å². The molecule has 2 aliphatic carbocycles. The molecule has 2 fully saturated rings. The van der Waals surface area contributed by atoms with Gasteiger partial charge >= 0.3 is 0 Å². The molecule has 1 aliphatic heterocycles. The van der Waals surface area contributed by atoms with Crippen molar-refractivity contribution in [3.8, 4) is 0 Å². The van der Waals surface area contributed by atoms with Gasteiger partial charge in [0.2, 0.25) is 17.7 Å². The van der Waals surface area contributed by atoms with Crippen molar-refractivity contribution in [2.24, 2.45) is 23.7 Å². The average Bonchev–Trinajstić information content (AvgIpc) is 3.21. The molecule has 3 rings (SSSR count). The van der Waals surface area contributed by atoms with Gasteiger partial charge in [-0.2, -0.15) is 11.8 Å². The normalized spacial score (nSPS) is 32.6. The summed E-state index contributed by atoms with van der Waals surface area (Å²) in [6.45, 7) is 1.89. The fraction of sp³-hybridized carbons (Fsp3) is 0.706. The molecule has 1 saturated heterocycles. The Morgan fingerprint density at radius 1 is 1.30 bits per heavy atom. The largest absolute Gasteiger partial charge is 0.341 e. The van der Waals surface area contributed by atoms with Crippen molar-refractivity contribution >= 4 is 29.5 Å². The molecule has 126 valence electrons. The summed E-state index contributed by atoms with van der Waals surface area (Å²) in [5.74, 6) is 0.499. The second kappa shape index (κ2) is 6.30. The summed E-state index contributed by atoms with van der Waals surface area (Å²) in [6.07, 6.45) is 8.00. The molecule has 1 heterocycles. The number of likely N-dealkylation sites (N-methyl/N-ethyl adjacent to an activating group) is 1. The Morgan fingerprint density at radius 3 is 2.39 bits per heavy atom. The van der Waals surface area contributed by atoms with Gasteiger partial charge in [-0.3, -0.25) is 19.3 Å². The Labute approximate surface area is 141 Å². The number of allylic oxidation sites excluding steroid dienone is 2. The van der Waals surface area contributed by atoms with Crippen molar-refractivity contribution in [2.45, 2.75) is 25.8 Å². The van der Waals surface area contributed by atoms with Gasteiger partial charge in [-0.1, -0.05) is 12.2 Å². The standard InChI is InChI=1S/C17H24N2O3S/c1-10(6-7-23-3)18(2)13(20)9-19-16(21)14-11-4-5-12(8-11)15(14)17(19)22/h4-5,10-12,14-15H,6-9H2,1-3H3. The lowest BCUT2D eigenvalue weighted by atomic mass is 9.85. The summed E-state index contributed by atoms with van der Waals surface area (Å²) in [5.41, 5.74) is 0. The second-order valence-corrected chi connectivity index (χ2v) is 7.88. The quantitative estimate of drug-likeness (QED) is 0.543. The van der Waals surface area contributed by atoms with E-state index < -0.39 is 0 Å². The van der Waals surface area contributed by atoms with Crippen LogP contribution >= 0.6 is 11.8 Å². The first-order valence-corrected chi connectivity index (χ1v) is 9.63. The van der Waals surface area contributed by atoms with Crippen LogP contribution in [-0.2, 0) is 14.4 Å². The summed E-state index contributed by atoms with van der Waals surface area (Å²) in [7, 11) is 1.75. The van der Waals surface area contributed by atoms with Gasteiger partial charge in [0, 0.05) is 13.1 Å². The van der Waals surface area contributed by atoms with Crippen molar-refractivity contribution in [3.05, 3.63) is 12.2 Å². The van der Waals surface area contributed by atoms with Crippen LogP contribution in [0.2, 0.25) is 0 Å². The zero-order chi connectivity index (χ0) is 16.7. The highest BCUT2D eigenvalue weighted by atomic mass is 32.2. The van der Waals surface area contributed by atoms with Crippen LogP contribution in [0.4, 0.5) is 0 Å². The molecule has 0 aromatic heterocycles. The van der Waals surface area contributed by atoms with Gasteiger partial charge in [-0.05, 0) is 43.6 Å². The molecule has 0 spiro atoms. The summed E-state index contributed by atoms with van der Waals surface area (Å²) >= 11 is 1.75. The molecule has 23 heavy (non-hydrogen) atoms. The van der Waals surface area contributed by atoms with Crippen LogP contribution in [0.1, 0.15) is 19.8 Å². The number of amides is 3. The van der Waals surface area contributed by atoms with E-state index in [-0.39, 0.29) is 54.0 Å².